The molecular weight excluding hydrogens is 164 g/mol. The van der Waals surface area contributed by atoms with Crippen LogP contribution >= 0.6 is 0 Å². The van der Waals surface area contributed by atoms with Gasteiger partial charge in [0.25, 0.3) is 0 Å². The van der Waals surface area contributed by atoms with E-state index in [1.165, 1.54) is 19.3 Å². The molecule has 1 saturated heterocycles. The fraction of sp³-hybridized carbons (Fsp3) is 1.00. The van der Waals surface area contributed by atoms with Crippen molar-refractivity contribution in [2.24, 2.45) is 0 Å². The van der Waals surface area contributed by atoms with Gasteiger partial charge in [0.1, 0.15) is 0 Å². The van der Waals surface area contributed by atoms with Gasteiger partial charge in [-0.15, -0.1) is 0 Å². The van der Waals surface area contributed by atoms with Crippen LogP contribution in [-0.2, 0) is 9.47 Å². The highest BCUT2D eigenvalue weighted by Gasteiger charge is 2.37. The summed E-state index contributed by atoms with van der Waals surface area (Å²) in [6.45, 7) is 8.30. The van der Waals surface area contributed by atoms with E-state index in [9.17, 15) is 0 Å². The second-order valence-corrected chi connectivity index (χ2v) is 4.37. The Balaban J connectivity index is 2.27. The number of hydrogen-bond donors (Lipinski definition) is 0. The Morgan fingerprint density at radius 2 is 1.85 bits per heavy atom. The average Bonchev–Trinajstić information content (AvgIpc) is 2.25. The molecule has 0 aromatic carbocycles. The molecule has 0 radical (unpaired) electrons. The van der Waals surface area contributed by atoms with Crippen LogP contribution in [0, 0.1) is 0 Å². The van der Waals surface area contributed by atoms with Crippen LogP contribution in [0.4, 0.5) is 0 Å². The summed E-state index contributed by atoms with van der Waals surface area (Å²) in [6.07, 6.45) is 5.52. The lowest BCUT2D eigenvalue weighted by molar-refractivity contribution is -0.145. The summed E-state index contributed by atoms with van der Waals surface area (Å²) in [5.74, 6) is -0.365. The average molecular weight is 186 g/mol. The molecule has 2 heteroatoms. The van der Waals surface area contributed by atoms with Crippen LogP contribution in [0.5, 0.6) is 0 Å². The third-order valence-corrected chi connectivity index (χ3v) is 2.52. The third-order valence-electron chi connectivity index (χ3n) is 2.52. The lowest BCUT2D eigenvalue weighted by Crippen LogP contribution is -2.21. The van der Waals surface area contributed by atoms with Crippen LogP contribution in [0.1, 0.15) is 53.4 Å². The van der Waals surface area contributed by atoms with Gasteiger partial charge in [-0.2, -0.15) is 0 Å². The maximum absolute atomic E-state index is 5.79. The van der Waals surface area contributed by atoms with E-state index in [1.54, 1.807) is 0 Å². The summed E-state index contributed by atoms with van der Waals surface area (Å²) >= 11 is 0. The van der Waals surface area contributed by atoms with Crippen molar-refractivity contribution < 1.29 is 9.47 Å². The van der Waals surface area contributed by atoms with Crippen molar-refractivity contribution >= 4 is 0 Å². The van der Waals surface area contributed by atoms with Gasteiger partial charge >= 0.3 is 0 Å². The van der Waals surface area contributed by atoms with Gasteiger partial charge in [-0.25, -0.2) is 0 Å². The van der Waals surface area contributed by atoms with Crippen molar-refractivity contribution in [3.63, 3.8) is 0 Å². The van der Waals surface area contributed by atoms with Crippen LogP contribution in [0.15, 0.2) is 0 Å². The van der Waals surface area contributed by atoms with E-state index in [-0.39, 0.29) is 11.9 Å². The molecule has 0 amide bonds. The van der Waals surface area contributed by atoms with Gasteiger partial charge < -0.3 is 9.47 Å². The highest BCUT2D eigenvalue weighted by atomic mass is 16.7. The van der Waals surface area contributed by atoms with Crippen LogP contribution in [0.25, 0.3) is 0 Å². The minimum absolute atomic E-state index is 0.256. The highest BCUT2D eigenvalue weighted by molar-refractivity contribution is 4.77. The van der Waals surface area contributed by atoms with Gasteiger partial charge in [0.05, 0.1) is 12.2 Å². The van der Waals surface area contributed by atoms with Gasteiger partial charge in [-0.05, 0) is 27.2 Å². The molecule has 78 valence electrons. The zero-order valence-electron chi connectivity index (χ0n) is 9.30. The molecule has 0 saturated carbocycles. The fourth-order valence-corrected chi connectivity index (χ4v) is 1.90. The largest absolute Gasteiger partial charge is 0.345 e. The first-order valence-electron chi connectivity index (χ1n) is 5.41. The number of rotatable bonds is 4. The smallest absolute Gasteiger partial charge is 0.163 e. The summed E-state index contributed by atoms with van der Waals surface area (Å²) in [6, 6.07) is 0. The first kappa shape index (κ1) is 11.0. The molecule has 0 aromatic rings. The van der Waals surface area contributed by atoms with E-state index < -0.39 is 0 Å². The zero-order valence-corrected chi connectivity index (χ0v) is 9.30. The van der Waals surface area contributed by atoms with Gasteiger partial charge in [-0.3, -0.25) is 0 Å². The standard InChI is InChI=1S/C11H22O2/c1-5-6-7-8-10-9(2)12-11(3,4)13-10/h9-10H,5-8H2,1-4H3. The van der Waals surface area contributed by atoms with Crippen molar-refractivity contribution in [1.29, 1.82) is 0 Å². The van der Waals surface area contributed by atoms with E-state index in [1.807, 2.05) is 13.8 Å². The van der Waals surface area contributed by atoms with Gasteiger partial charge in [0.15, 0.2) is 5.79 Å². The second kappa shape index (κ2) is 4.43. The third kappa shape index (κ3) is 3.28. The molecule has 2 nitrogen and oxygen atoms in total. The molecule has 0 spiro atoms. The summed E-state index contributed by atoms with van der Waals surface area (Å²) in [5.41, 5.74) is 0. The highest BCUT2D eigenvalue weighted by Crippen LogP contribution is 2.30. The first-order chi connectivity index (χ1) is 6.05. The molecule has 0 N–H and O–H groups in total. The predicted octanol–water partition coefficient (Wildman–Crippen LogP) is 3.11. The van der Waals surface area contributed by atoms with Crippen LogP contribution in [0.2, 0.25) is 0 Å². The number of unbranched alkanes of at least 4 members (excludes halogenated alkanes) is 2. The predicted molar refractivity (Wildman–Crippen MR) is 53.6 cm³/mol. The number of ether oxygens (including phenoxy) is 2. The molecule has 1 heterocycles. The summed E-state index contributed by atoms with van der Waals surface area (Å²) < 4.78 is 11.5. The SMILES string of the molecule is CCCCCC1OC(C)(C)OC1C. The monoisotopic (exact) mass is 186 g/mol. The lowest BCUT2D eigenvalue weighted by Gasteiger charge is -2.16. The second-order valence-electron chi connectivity index (χ2n) is 4.37. The Bertz CT molecular complexity index is 154. The minimum Gasteiger partial charge on any atom is -0.345 e. The molecule has 0 aliphatic carbocycles. The Morgan fingerprint density at radius 1 is 1.15 bits per heavy atom. The Hall–Kier alpha value is -0.0800. The van der Waals surface area contributed by atoms with Crippen molar-refractivity contribution in [3.05, 3.63) is 0 Å². The first-order valence-corrected chi connectivity index (χ1v) is 5.41. The van der Waals surface area contributed by atoms with Crippen molar-refractivity contribution in [2.75, 3.05) is 0 Å². The van der Waals surface area contributed by atoms with E-state index in [2.05, 4.69) is 13.8 Å². The Morgan fingerprint density at radius 3 is 2.31 bits per heavy atom. The van der Waals surface area contributed by atoms with E-state index in [4.69, 9.17) is 9.47 Å². The maximum Gasteiger partial charge on any atom is 0.163 e. The van der Waals surface area contributed by atoms with E-state index in [0.29, 0.717) is 6.10 Å². The molecule has 1 aliphatic heterocycles. The lowest BCUT2D eigenvalue weighted by atomic mass is 10.1. The summed E-state index contributed by atoms with van der Waals surface area (Å²) in [4.78, 5) is 0. The molecule has 1 rings (SSSR count). The fourth-order valence-electron chi connectivity index (χ4n) is 1.90. The molecule has 1 fully saturated rings. The Labute approximate surface area is 81.6 Å². The summed E-state index contributed by atoms with van der Waals surface area (Å²) in [5, 5.41) is 0. The minimum atomic E-state index is -0.365. The molecule has 2 unspecified atom stereocenters. The number of hydrogen-bond acceptors (Lipinski definition) is 2. The summed E-state index contributed by atoms with van der Waals surface area (Å²) in [7, 11) is 0. The normalized spacial score (nSPS) is 32.3. The molecule has 2 atom stereocenters. The molecule has 1 aliphatic rings. The quantitative estimate of drug-likeness (QED) is 0.628. The zero-order chi connectivity index (χ0) is 9.90. The molecular formula is C11H22O2. The molecule has 0 bridgehead atoms. The van der Waals surface area contributed by atoms with Crippen LogP contribution in [-0.4, -0.2) is 18.0 Å². The van der Waals surface area contributed by atoms with Crippen LogP contribution < -0.4 is 0 Å². The Kier molecular flexibility index (Phi) is 3.74. The van der Waals surface area contributed by atoms with Crippen molar-refractivity contribution in [1.82, 2.24) is 0 Å². The van der Waals surface area contributed by atoms with Crippen LogP contribution in [0.3, 0.4) is 0 Å². The maximum atomic E-state index is 5.79. The van der Waals surface area contributed by atoms with E-state index >= 15 is 0 Å². The molecule has 13 heavy (non-hydrogen) atoms. The van der Waals surface area contributed by atoms with Crippen molar-refractivity contribution in [3.8, 4) is 0 Å². The van der Waals surface area contributed by atoms with Gasteiger partial charge in [0.2, 0.25) is 0 Å². The van der Waals surface area contributed by atoms with Gasteiger partial charge in [-0.1, -0.05) is 26.2 Å². The van der Waals surface area contributed by atoms with E-state index in [0.717, 1.165) is 6.42 Å². The van der Waals surface area contributed by atoms with Crippen molar-refractivity contribution in [2.45, 2.75) is 71.4 Å². The topological polar surface area (TPSA) is 18.5 Å². The molecule has 0 aromatic heterocycles. The van der Waals surface area contributed by atoms with Gasteiger partial charge in [0, 0.05) is 0 Å².